The first-order chi connectivity index (χ1) is 10.6. The smallest absolute Gasteiger partial charge is 0.338 e. The van der Waals surface area contributed by atoms with Crippen LogP contribution in [0, 0.1) is 11.3 Å². The van der Waals surface area contributed by atoms with Gasteiger partial charge in [-0.3, -0.25) is 4.79 Å². The van der Waals surface area contributed by atoms with Gasteiger partial charge in [0.15, 0.2) is 18.1 Å². The summed E-state index contributed by atoms with van der Waals surface area (Å²) in [5.41, 5.74) is 0.255. The molecule has 1 aromatic carbocycles. The molecule has 0 saturated carbocycles. The number of hydrogen-bond acceptors (Lipinski definition) is 6. The first kappa shape index (κ1) is 17.3. The van der Waals surface area contributed by atoms with Crippen LogP contribution >= 0.6 is 0 Å². The van der Waals surface area contributed by atoms with E-state index in [1.165, 1.54) is 19.2 Å². The zero-order valence-electron chi connectivity index (χ0n) is 12.5. The number of carbonyl (C=O) groups is 2. The van der Waals surface area contributed by atoms with E-state index < -0.39 is 18.5 Å². The second-order valence-corrected chi connectivity index (χ2v) is 4.13. The van der Waals surface area contributed by atoms with E-state index in [1.54, 1.807) is 6.07 Å². The Morgan fingerprint density at radius 1 is 1.32 bits per heavy atom. The van der Waals surface area contributed by atoms with Crippen molar-refractivity contribution in [2.24, 2.45) is 0 Å². The number of rotatable bonds is 8. The van der Waals surface area contributed by atoms with Crippen LogP contribution in [0.25, 0.3) is 0 Å². The average Bonchev–Trinajstić information content (AvgIpc) is 2.53. The molecule has 0 atom stereocenters. The van der Waals surface area contributed by atoms with Gasteiger partial charge in [0.05, 0.1) is 31.8 Å². The number of ether oxygens (including phenoxy) is 3. The topological polar surface area (TPSA) is 97.6 Å². The van der Waals surface area contributed by atoms with Crippen molar-refractivity contribution in [1.82, 2.24) is 5.32 Å². The molecule has 1 N–H and O–H groups in total. The van der Waals surface area contributed by atoms with E-state index in [9.17, 15) is 9.59 Å². The number of hydrogen-bond donors (Lipinski definition) is 1. The Kier molecular flexibility index (Phi) is 7.26. The molecule has 0 heterocycles. The van der Waals surface area contributed by atoms with Gasteiger partial charge in [0, 0.05) is 6.54 Å². The SMILES string of the molecule is CCOc1ccc(C(=O)OCC(=O)NCCC#N)cc1OC. The van der Waals surface area contributed by atoms with Crippen LogP contribution in [0.15, 0.2) is 18.2 Å². The van der Waals surface area contributed by atoms with E-state index in [0.717, 1.165) is 0 Å². The first-order valence-electron chi connectivity index (χ1n) is 6.74. The van der Waals surface area contributed by atoms with Crippen LogP contribution < -0.4 is 14.8 Å². The molecule has 0 unspecified atom stereocenters. The van der Waals surface area contributed by atoms with E-state index in [2.05, 4.69) is 5.32 Å². The third-order valence-electron chi connectivity index (χ3n) is 2.59. The molecule has 0 aromatic heterocycles. The molecule has 0 aliphatic carbocycles. The summed E-state index contributed by atoms with van der Waals surface area (Å²) in [6.45, 7) is 2.14. The normalized spacial score (nSPS) is 9.50. The maximum absolute atomic E-state index is 11.9. The Bertz CT molecular complexity index is 566. The van der Waals surface area contributed by atoms with E-state index in [1.807, 2.05) is 13.0 Å². The summed E-state index contributed by atoms with van der Waals surface area (Å²) in [4.78, 5) is 23.2. The van der Waals surface area contributed by atoms with Gasteiger partial charge in [-0.2, -0.15) is 5.26 Å². The summed E-state index contributed by atoms with van der Waals surface area (Å²) in [6, 6.07) is 6.52. The number of nitriles is 1. The number of esters is 1. The van der Waals surface area contributed by atoms with Crippen molar-refractivity contribution < 1.29 is 23.8 Å². The molecule has 118 valence electrons. The van der Waals surface area contributed by atoms with E-state index in [-0.39, 0.29) is 18.5 Å². The van der Waals surface area contributed by atoms with Crippen molar-refractivity contribution in [2.75, 3.05) is 26.9 Å². The van der Waals surface area contributed by atoms with Crippen molar-refractivity contribution in [2.45, 2.75) is 13.3 Å². The molecule has 0 spiro atoms. The lowest BCUT2D eigenvalue weighted by Crippen LogP contribution is -2.29. The molecule has 0 saturated heterocycles. The number of carbonyl (C=O) groups excluding carboxylic acids is 2. The second-order valence-electron chi connectivity index (χ2n) is 4.13. The van der Waals surface area contributed by atoms with Gasteiger partial charge in [-0.1, -0.05) is 0 Å². The lowest BCUT2D eigenvalue weighted by atomic mass is 10.2. The third-order valence-corrected chi connectivity index (χ3v) is 2.59. The van der Waals surface area contributed by atoms with Gasteiger partial charge in [0.25, 0.3) is 5.91 Å². The van der Waals surface area contributed by atoms with Gasteiger partial charge in [0.2, 0.25) is 0 Å². The summed E-state index contributed by atoms with van der Waals surface area (Å²) in [5.74, 6) is -0.163. The molecule has 0 radical (unpaired) electrons. The maximum Gasteiger partial charge on any atom is 0.338 e. The van der Waals surface area contributed by atoms with E-state index in [4.69, 9.17) is 19.5 Å². The molecule has 1 rings (SSSR count). The molecule has 1 amide bonds. The largest absolute Gasteiger partial charge is 0.493 e. The van der Waals surface area contributed by atoms with Crippen molar-refractivity contribution in [3.05, 3.63) is 23.8 Å². The van der Waals surface area contributed by atoms with Crippen LogP contribution in [0.2, 0.25) is 0 Å². The zero-order chi connectivity index (χ0) is 16.4. The quantitative estimate of drug-likeness (QED) is 0.574. The van der Waals surface area contributed by atoms with Gasteiger partial charge in [-0.15, -0.1) is 0 Å². The highest BCUT2D eigenvalue weighted by atomic mass is 16.5. The number of benzene rings is 1. The minimum atomic E-state index is -0.642. The Labute approximate surface area is 128 Å². The third kappa shape index (κ3) is 5.32. The highest BCUT2D eigenvalue weighted by Crippen LogP contribution is 2.28. The van der Waals surface area contributed by atoms with Crippen molar-refractivity contribution in [1.29, 1.82) is 5.26 Å². The summed E-state index contributed by atoms with van der Waals surface area (Å²) in [6.07, 6.45) is 0.204. The maximum atomic E-state index is 11.9. The lowest BCUT2D eigenvalue weighted by molar-refractivity contribution is -0.124. The van der Waals surface area contributed by atoms with Gasteiger partial charge in [0.1, 0.15) is 0 Å². The monoisotopic (exact) mass is 306 g/mol. The molecular formula is C15H18N2O5. The Morgan fingerprint density at radius 3 is 2.73 bits per heavy atom. The van der Waals surface area contributed by atoms with E-state index in [0.29, 0.717) is 18.1 Å². The summed E-state index contributed by atoms with van der Waals surface area (Å²) in [5, 5.41) is 10.8. The van der Waals surface area contributed by atoms with Crippen molar-refractivity contribution in [3.8, 4) is 17.6 Å². The summed E-state index contributed by atoms with van der Waals surface area (Å²) in [7, 11) is 1.47. The minimum Gasteiger partial charge on any atom is -0.493 e. The molecule has 0 aliphatic heterocycles. The summed E-state index contributed by atoms with van der Waals surface area (Å²) >= 11 is 0. The molecular weight excluding hydrogens is 288 g/mol. The first-order valence-corrected chi connectivity index (χ1v) is 6.74. The standard InChI is InChI=1S/C15H18N2O5/c1-3-21-12-6-5-11(9-13(12)20-2)15(19)22-10-14(18)17-8-4-7-16/h5-6,9H,3-4,8,10H2,1-2H3,(H,17,18). The Hall–Kier alpha value is -2.75. The fourth-order valence-electron chi connectivity index (χ4n) is 1.59. The van der Waals surface area contributed by atoms with Crippen LogP contribution in [0.4, 0.5) is 0 Å². The second kappa shape index (κ2) is 9.23. The van der Waals surface area contributed by atoms with E-state index >= 15 is 0 Å². The number of methoxy groups -OCH3 is 1. The van der Waals surface area contributed by atoms with Gasteiger partial charge >= 0.3 is 5.97 Å². The van der Waals surface area contributed by atoms with Gasteiger partial charge in [-0.05, 0) is 25.1 Å². The Morgan fingerprint density at radius 2 is 2.09 bits per heavy atom. The van der Waals surface area contributed by atoms with Crippen molar-refractivity contribution in [3.63, 3.8) is 0 Å². The molecule has 1 aromatic rings. The van der Waals surface area contributed by atoms with Crippen molar-refractivity contribution >= 4 is 11.9 Å². The lowest BCUT2D eigenvalue weighted by Gasteiger charge is -2.10. The molecule has 0 fully saturated rings. The predicted molar refractivity (Wildman–Crippen MR) is 77.7 cm³/mol. The predicted octanol–water partition coefficient (Wildman–Crippen LogP) is 1.28. The van der Waals surface area contributed by atoms with Crippen LogP contribution in [-0.4, -0.2) is 38.7 Å². The fraction of sp³-hybridized carbons (Fsp3) is 0.400. The number of nitrogens with one attached hydrogen (secondary N) is 1. The minimum absolute atomic E-state index is 0.204. The van der Waals surface area contributed by atoms with Gasteiger partial charge in [-0.25, -0.2) is 4.79 Å². The average molecular weight is 306 g/mol. The van der Waals surface area contributed by atoms with Crippen LogP contribution in [0.5, 0.6) is 11.5 Å². The summed E-state index contributed by atoms with van der Waals surface area (Å²) < 4.78 is 15.4. The van der Waals surface area contributed by atoms with Gasteiger partial charge < -0.3 is 19.5 Å². The molecule has 7 nitrogen and oxygen atoms in total. The van der Waals surface area contributed by atoms with Crippen LogP contribution in [0.1, 0.15) is 23.7 Å². The molecule has 7 heteroatoms. The highest BCUT2D eigenvalue weighted by Gasteiger charge is 2.13. The number of nitrogens with zero attached hydrogens (tertiary/aromatic N) is 1. The van der Waals surface area contributed by atoms with Crippen LogP contribution in [-0.2, 0) is 9.53 Å². The highest BCUT2D eigenvalue weighted by molar-refractivity contribution is 5.92. The molecule has 22 heavy (non-hydrogen) atoms. The Balaban J connectivity index is 2.58. The number of amides is 1. The zero-order valence-corrected chi connectivity index (χ0v) is 12.5. The fourth-order valence-corrected chi connectivity index (χ4v) is 1.59. The molecule has 0 aliphatic rings. The molecule has 0 bridgehead atoms. The van der Waals surface area contributed by atoms with Crippen LogP contribution in [0.3, 0.4) is 0 Å².